The fourth-order valence-corrected chi connectivity index (χ4v) is 4.15. The fourth-order valence-electron chi connectivity index (χ4n) is 3.09. The molecule has 0 aromatic carbocycles. The van der Waals surface area contributed by atoms with Crippen molar-refractivity contribution in [3.8, 4) is 0 Å². The second-order valence-electron chi connectivity index (χ2n) is 6.44. The van der Waals surface area contributed by atoms with Gasteiger partial charge in [0.2, 0.25) is 0 Å². The average molecular weight is 358 g/mol. The maximum absolute atomic E-state index is 13.0. The molecule has 1 atom stereocenters. The van der Waals surface area contributed by atoms with Gasteiger partial charge in [-0.15, -0.1) is 11.3 Å². The van der Waals surface area contributed by atoms with Gasteiger partial charge in [-0.25, -0.2) is 9.97 Å². The van der Waals surface area contributed by atoms with E-state index in [4.69, 9.17) is 0 Å². The van der Waals surface area contributed by atoms with Crippen LogP contribution in [0.2, 0.25) is 0 Å². The van der Waals surface area contributed by atoms with Crippen LogP contribution in [0, 0.1) is 0 Å². The third kappa shape index (κ3) is 3.16. The van der Waals surface area contributed by atoms with Gasteiger partial charge in [0, 0.05) is 32.8 Å². The molecule has 0 unspecified atom stereocenters. The molecule has 0 radical (unpaired) electrons. The van der Waals surface area contributed by atoms with Crippen molar-refractivity contribution in [1.82, 2.24) is 14.5 Å². The van der Waals surface area contributed by atoms with E-state index in [1.165, 1.54) is 11.3 Å². The van der Waals surface area contributed by atoms with E-state index in [2.05, 4.69) is 9.97 Å². The molecule has 0 aliphatic heterocycles. The van der Waals surface area contributed by atoms with Crippen LogP contribution >= 0.6 is 11.3 Å². The summed E-state index contributed by atoms with van der Waals surface area (Å²) < 4.78 is 2.30. The molecule has 0 bridgehead atoms. The van der Waals surface area contributed by atoms with E-state index in [1.807, 2.05) is 32.0 Å². The number of anilines is 1. The number of thiophene rings is 1. The van der Waals surface area contributed by atoms with Crippen molar-refractivity contribution in [1.29, 1.82) is 0 Å². The van der Waals surface area contributed by atoms with E-state index in [0.29, 0.717) is 23.1 Å². The lowest BCUT2D eigenvalue weighted by Crippen LogP contribution is -2.24. The van der Waals surface area contributed by atoms with Crippen LogP contribution in [0.15, 0.2) is 23.4 Å². The van der Waals surface area contributed by atoms with Gasteiger partial charge in [-0.3, -0.25) is 9.36 Å². The van der Waals surface area contributed by atoms with Crippen LogP contribution in [0.1, 0.15) is 39.2 Å². The Bertz CT molecular complexity index is 990. The maximum Gasteiger partial charge on any atom is 0.271 e. The van der Waals surface area contributed by atoms with Gasteiger partial charge >= 0.3 is 0 Å². The lowest BCUT2D eigenvalue weighted by molar-refractivity contribution is -0.117. The van der Waals surface area contributed by atoms with Gasteiger partial charge in [-0.2, -0.15) is 0 Å². The third-order valence-electron chi connectivity index (χ3n) is 4.46. The normalized spacial score (nSPS) is 12.6. The van der Waals surface area contributed by atoms with Gasteiger partial charge in [-0.05, 0) is 25.8 Å². The first-order valence-electron chi connectivity index (χ1n) is 8.39. The van der Waals surface area contributed by atoms with E-state index < -0.39 is 0 Å². The summed E-state index contributed by atoms with van der Waals surface area (Å²) in [5.41, 5.74) is 1.66. The van der Waals surface area contributed by atoms with Crippen LogP contribution in [0.3, 0.4) is 0 Å². The Morgan fingerprint density at radius 2 is 2.12 bits per heavy atom. The summed E-state index contributed by atoms with van der Waals surface area (Å²) in [6.07, 6.45) is 5.30. The fraction of sp³-hybridized carbons (Fsp3) is 0.444. The molecule has 3 heterocycles. The minimum absolute atomic E-state index is 0.0141. The largest absolute Gasteiger partial charge is 0.377 e. The zero-order chi connectivity index (χ0) is 18.1. The van der Waals surface area contributed by atoms with Crippen LogP contribution in [0.5, 0.6) is 0 Å². The number of hydrogen-bond acceptors (Lipinski definition) is 6. The molecule has 7 heteroatoms. The molecule has 0 aliphatic carbocycles. The Labute approximate surface area is 150 Å². The number of nitrogens with zero attached hydrogens (tertiary/aromatic N) is 4. The minimum Gasteiger partial charge on any atom is -0.377 e. The molecular weight excluding hydrogens is 336 g/mol. The summed E-state index contributed by atoms with van der Waals surface area (Å²) in [6, 6.07) is 1.92. The molecule has 3 aromatic rings. The summed E-state index contributed by atoms with van der Waals surface area (Å²) in [5.74, 6) is 0.141. The standard InChI is InChI=1S/C18H22N4O2S/c1-5-12(7-6-11(2)23)22-10-20-15-14-13(21(3)4)8-9-19-17(14)25-16(15)18(22)24/h8-10,12H,5-7H2,1-4H3/t12-/m0/s1. The van der Waals surface area contributed by atoms with Crippen molar-refractivity contribution in [2.24, 2.45) is 0 Å². The van der Waals surface area contributed by atoms with Crippen LogP contribution in [-0.2, 0) is 4.79 Å². The zero-order valence-corrected chi connectivity index (χ0v) is 15.8. The van der Waals surface area contributed by atoms with Crippen LogP contribution < -0.4 is 10.5 Å². The van der Waals surface area contributed by atoms with E-state index >= 15 is 0 Å². The first-order valence-corrected chi connectivity index (χ1v) is 9.20. The number of Topliss-reactive ketones (excluding diaryl/α,β-unsaturated/α-hetero) is 1. The molecule has 25 heavy (non-hydrogen) atoms. The van der Waals surface area contributed by atoms with E-state index in [1.54, 1.807) is 24.0 Å². The second-order valence-corrected chi connectivity index (χ2v) is 7.44. The Morgan fingerprint density at radius 3 is 2.76 bits per heavy atom. The number of ketones is 1. The van der Waals surface area contributed by atoms with Crippen molar-refractivity contribution < 1.29 is 4.79 Å². The van der Waals surface area contributed by atoms with Crippen molar-refractivity contribution >= 4 is 43.2 Å². The van der Waals surface area contributed by atoms with Gasteiger partial charge in [0.05, 0.1) is 22.9 Å². The van der Waals surface area contributed by atoms with Crippen molar-refractivity contribution in [3.63, 3.8) is 0 Å². The molecule has 0 saturated carbocycles. The second kappa shape index (κ2) is 6.92. The first kappa shape index (κ1) is 17.5. The van der Waals surface area contributed by atoms with Crippen LogP contribution in [-0.4, -0.2) is 34.4 Å². The number of carbonyl (C=O) groups is 1. The molecule has 6 nitrogen and oxygen atoms in total. The topological polar surface area (TPSA) is 68.1 Å². The Morgan fingerprint density at radius 1 is 1.36 bits per heavy atom. The highest BCUT2D eigenvalue weighted by Gasteiger charge is 2.19. The molecule has 0 amide bonds. The molecule has 3 rings (SSSR count). The van der Waals surface area contributed by atoms with Crippen molar-refractivity contribution in [2.45, 2.75) is 39.2 Å². The molecular formula is C18H22N4O2S. The minimum atomic E-state index is -0.0480. The van der Waals surface area contributed by atoms with Crippen LogP contribution in [0.4, 0.5) is 5.69 Å². The molecule has 0 fully saturated rings. The Kier molecular flexibility index (Phi) is 4.85. The number of hydrogen-bond donors (Lipinski definition) is 0. The summed E-state index contributed by atoms with van der Waals surface area (Å²) in [4.78, 5) is 36.2. The quantitative estimate of drug-likeness (QED) is 0.675. The number of carbonyl (C=O) groups excluding carboxylic acids is 1. The van der Waals surface area contributed by atoms with Crippen LogP contribution in [0.25, 0.3) is 20.4 Å². The average Bonchev–Trinajstić information content (AvgIpc) is 2.96. The third-order valence-corrected chi connectivity index (χ3v) is 5.54. The van der Waals surface area contributed by atoms with Gasteiger partial charge in [0.25, 0.3) is 5.56 Å². The van der Waals surface area contributed by atoms with Gasteiger partial charge in [0.1, 0.15) is 15.3 Å². The molecule has 0 N–H and O–H groups in total. The van der Waals surface area contributed by atoms with E-state index in [9.17, 15) is 9.59 Å². The lowest BCUT2D eigenvalue weighted by Gasteiger charge is -2.17. The van der Waals surface area contributed by atoms with Crippen molar-refractivity contribution in [2.75, 3.05) is 19.0 Å². The lowest BCUT2D eigenvalue weighted by atomic mass is 10.1. The predicted octanol–water partition coefficient (Wildman–Crippen LogP) is 3.39. The predicted molar refractivity (Wildman–Crippen MR) is 103 cm³/mol. The highest BCUT2D eigenvalue weighted by atomic mass is 32.1. The number of rotatable bonds is 6. The maximum atomic E-state index is 13.0. The number of fused-ring (bicyclic) bond motifs is 3. The van der Waals surface area contributed by atoms with Crippen molar-refractivity contribution in [3.05, 3.63) is 28.9 Å². The SMILES string of the molecule is CC[C@@H](CCC(C)=O)n1cnc2c(sc3nccc(N(C)C)c32)c1=O. The highest BCUT2D eigenvalue weighted by molar-refractivity contribution is 7.25. The van der Waals surface area contributed by atoms with E-state index in [-0.39, 0.29) is 17.4 Å². The molecule has 0 saturated heterocycles. The molecule has 0 spiro atoms. The molecule has 3 aromatic heterocycles. The number of aromatic nitrogens is 3. The van der Waals surface area contributed by atoms with Gasteiger partial charge in [0.15, 0.2) is 0 Å². The molecule has 0 aliphatic rings. The Balaban J connectivity index is 2.18. The Hall–Kier alpha value is -2.28. The van der Waals surface area contributed by atoms with Gasteiger partial charge in [-0.1, -0.05) is 6.92 Å². The monoisotopic (exact) mass is 358 g/mol. The highest BCUT2D eigenvalue weighted by Crippen LogP contribution is 2.35. The smallest absolute Gasteiger partial charge is 0.271 e. The van der Waals surface area contributed by atoms with E-state index in [0.717, 1.165) is 22.3 Å². The summed E-state index contributed by atoms with van der Waals surface area (Å²) in [6.45, 7) is 3.61. The summed E-state index contributed by atoms with van der Waals surface area (Å²) in [5, 5.41) is 0.925. The molecule has 132 valence electrons. The summed E-state index contributed by atoms with van der Waals surface area (Å²) in [7, 11) is 3.93. The number of pyridine rings is 1. The summed E-state index contributed by atoms with van der Waals surface area (Å²) >= 11 is 1.39. The van der Waals surface area contributed by atoms with Gasteiger partial charge < -0.3 is 9.69 Å². The first-order chi connectivity index (χ1) is 11.9. The zero-order valence-electron chi connectivity index (χ0n) is 14.9.